The normalized spacial score (nSPS) is 36.7. The summed E-state index contributed by atoms with van der Waals surface area (Å²) in [6, 6.07) is 0. The zero-order chi connectivity index (χ0) is 6.69. The summed E-state index contributed by atoms with van der Waals surface area (Å²) in [5.41, 5.74) is 0. The average molecular weight is 146 g/mol. The molecule has 0 aliphatic carbocycles. The van der Waals surface area contributed by atoms with Crippen LogP contribution >= 0.6 is 11.8 Å². The van der Waals surface area contributed by atoms with Gasteiger partial charge in [-0.1, -0.05) is 0 Å². The molecule has 1 saturated heterocycles. The van der Waals surface area contributed by atoms with E-state index in [1.807, 2.05) is 11.8 Å². The number of nitrogens with one attached hydrogen (secondary N) is 1. The van der Waals surface area contributed by atoms with Gasteiger partial charge in [0.1, 0.15) is 0 Å². The molecule has 1 nitrogen and oxygen atoms in total. The van der Waals surface area contributed by atoms with Crippen molar-refractivity contribution in [3.8, 4) is 0 Å². The topological polar surface area (TPSA) is 4.44 Å². The molecule has 1 unspecified atom stereocenters. The average Bonchev–Trinajstić information content (AvgIpc) is 1.88. The van der Waals surface area contributed by atoms with Gasteiger partial charge in [0.15, 0.2) is 0 Å². The fraction of sp³-hybridized carbons (Fsp3) is 1.00. The van der Waals surface area contributed by atoms with Gasteiger partial charge >= 0.3 is 0 Å². The SMILES string of the molecule is CS[C@@H]1CCC[NH+](C)C1. The molecule has 0 amide bonds. The molecule has 0 saturated carbocycles. The van der Waals surface area contributed by atoms with E-state index in [1.165, 1.54) is 25.9 Å². The Labute approximate surface area is 61.8 Å². The highest BCUT2D eigenvalue weighted by Crippen LogP contribution is 2.12. The zero-order valence-electron chi connectivity index (χ0n) is 6.31. The van der Waals surface area contributed by atoms with E-state index < -0.39 is 0 Å². The highest BCUT2D eigenvalue weighted by molar-refractivity contribution is 7.99. The van der Waals surface area contributed by atoms with Crippen molar-refractivity contribution in [3.05, 3.63) is 0 Å². The van der Waals surface area contributed by atoms with Crippen LogP contribution in [-0.4, -0.2) is 31.6 Å². The monoisotopic (exact) mass is 146 g/mol. The molecule has 1 rings (SSSR count). The number of piperidine rings is 1. The third kappa shape index (κ3) is 2.18. The Morgan fingerprint density at radius 1 is 1.56 bits per heavy atom. The standard InChI is InChI=1S/C7H15NS/c1-8-5-3-4-7(6-8)9-2/h7H,3-6H2,1-2H3/p+1/t7-/m1/s1. The second kappa shape index (κ2) is 3.47. The van der Waals surface area contributed by atoms with Gasteiger partial charge in [0.05, 0.1) is 25.4 Å². The Hall–Kier alpha value is 0.310. The number of thioether (sulfide) groups is 1. The third-order valence-electron chi connectivity index (χ3n) is 2.04. The van der Waals surface area contributed by atoms with E-state index in [2.05, 4.69) is 13.3 Å². The maximum Gasteiger partial charge on any atom is 0.0889 e. The molecule has 2 atom stereocenters. The van der Waals surface area contributed by atoms with Gasteiger partial charge in [-0.25, -0.2) is 0 Å². The van der Waals surface area contributed by atoms with Crippen molar-refractivity contribution < 1.29 is 4.90 Å². The summed E-state index contributed by atoms with van der Waals surface area (Å²) in [5, 5.41) is 0.943. The predicted octanol–water partition coefficient (Wildman–Crippen LogP) is 0.0265. The van der Waals surface area contributed by atoms with Crippen molar-refractivity contribution in [2.45, 2.75) is 18.1 Å². The maximum atomic E-state index is 2.29. The number of hydrogen-bond donors (Lipinski definition) is 1. The van der Waals surface area contributed by atoms with E-state index in [9.17, 15) is 0 Å². The highest BCUT2D eigenvalue weighted by Gasteiger charge is 2.18. The lowest BCUT2D eigenvalue weighted by Gasteiger charge is -2.25. The largest absolute Gasteiger partial charge is 0.336 e. The molecule has 0 bridgehead atoms. The van der Waals surface area contributed by atoms with Gasteiger partial charge in [0.25, 0.3) is 0 Å². The maximum absolute atomic E-state index is 2.29. The van der Waals surface area contributed by atoms with Crippen molar-refractivity contribution in [2.24, 2.45) is 0 Å². The van der Waals surface area contributed by atoms with Crippen LogP contribution in [-0.2, 0) is 0 Å². The summed E-state index contributed by atoms with van der Waals surface area (Å²) in [6.45, 7) is 2.76. The van der Waals surface area contributed by atoms with Gasteiger partial charge < -0.3 is 4.90 Å². The Kier molecular flexibility index (Phi) is 2.86. The second-order valence-electron chi connectivity index (χ2n) is 2.91. The van der Waals surface area contributed by atoms with Gasteiger partial charge in [-0.05, 0) is 19.1 Å². The van der Waals surface area contributed by atoms with Gasteiger partial charge in [-0.2, -0.15) is 11.8 Å². The van der Waals surface area contributed by atoms with Crippen LogP contribution in [0.25, 0.3) is 0 Å². The molecule has 0 aromatic rings. The number of likely N-dealkylation sites (tertiary alicyclic amines) is 1. The Balaban J connectivity index is 2.23. The lowest BCUT2D eigenvalue weighted by atomic mass is 10.1. The molecular formula is C7H16NS+. The molecule has 0 spiro atoms. The lowest BCUT2D eigenvalue weighted by Crippen LogP contribution is -3.11. The van der Waals surface area contributed by atoms with Crippen molar-refractivity contribution in [3.63, 3.8) is 0 Å². The lowest BCUT2D eigenvalue weighted by molar-refractivity contribution is -0.883. The summed E-state index contributed by atoms with van der Waals surface area (Å²) in [5.74, 6) is 0. The minimum Gasteiger partial charge on any atom is -0.336 e. The summed E-state index contributed by atoms with van der Waals surface area (Å²) < 4.78 is 0. The first kappa shape index (κ1) is 7.42. The van der Waals surface area contributed by atoms with E-state index in [-0.39, 0.29) is 0 Å². The van der Waals surface area contributed by atoms with Gasteiger partial charge in [0, 0.05) is 0 Å². The van der Waals surface area contributed by atoms with Crippen LogP contribution in [0.15, 0.2) is 0 Å². The summed E-state index contributed by atoms with van der Waals surface area (Å²) in [4.78, 5) is 1.71. The molecule has 1 heterocycles. The van der Waals surface area contributed by atoms with Crippen LogP contribution in [0.4, 0.5) is 0 Å². The molecule has 1 aliphatic heterocycles. The first-order valence-corrected chi connectivity index (χ1v) is 4.96. The molecule has 54 valence electrons. The Morgan fingerprint density at radius 3 is 2.78 bits per heavy atom. The first-order chi connectivity index (χ1) is 4.33. The van der Waals surface area contributed by atoms with Gasteiger partial charge in [0.2, 0.25) is 0 Å². The van der Waals surface area contributed by atoms with Crippen LogP contribution in [0.3, 0.4) is 0 Å². The molecule has 9 heavy (non-hydrogen) atoms. The molecule has 2 heteroatoms. The van der Waals surface area contributed by atoms with E-state index in [0.29, 0.717) is 0 Å². The van der Waals surface area contributed by atoms with Gasteiger partial charge in [-0.3, -0.25) is 0 Å². The number of quaternary nitrogens is 1. The highest BCUT2D eigenvalue weighted by atomic mass is 32.2. The fourth-order valence-electron chi connectivity index (χ4n) is 1.43. The van der Waals surface area contributed by atoms with Crippen LogP contribution in [0.5, 0.6) is 0 Å². The Bertz CT molecular complexity index is 85.0. The summed E-state index contributed by atoms with van der Waals surface area (Å²) >= 11 is 2.03. The molecule has 1 N–H and O–H groups in total. The van der Waals surface area contributed by atoms with Gasteiger partial charge in [-0.15, -0.1) is 0 Å². The summed E-state index contributed by atoms with van der Waals surface area (Å²) in [6.07, 6.45) is 5.10. The van der Waals surface area contributed by atoms with Crippen LogP contribution in [0.1, 0.15) is 12.8 Å². The van der Waals surface area contributed by atoms with Crippen molar-refractivity contribution in [1.29, 1.82) is 0 Å². The number of hydrogen-bond acceptors (Lipinski definition) is 1. The van der Waals surface area contributed by atoms with Crippen LogP contribution < -0.4 is 4.90 Å². The van der Waals surface area contributed by atoms with Crippen molar-refractivity contribution >= 4 is 11.8 Å². The smallest absolute Gasteiger partial charge is 0.0889 e. The predicted molar refractivity (Wildman–Crippen MR) is 43.2 cm³/mol. The number of rotatable bonds is 1. The fourth-order valence-corrected chi connectivity index (χ4v) is 2.28. The van der Waals surface area contributed by atoms with E-state index >= 15 is 0 Å². The van der Waals surface area contributed by atoms with E-state index in [0.717, 1.165) is 5.25 Å². The minimum absolute atomic E-state index is 0.943. The molecule has 0 aromatic heterocycles. The quantitative estimate of drug-likeness (QED) is 0.547. The molecule has 1 fully saturated rings. The first-order valence-electron chi connectivity index (χ1n) is 3.67. The third-order valence-corrected chi connectivity index (χ3v) is 3.11. The van der Waals surface area contributed by atoms with Crippen molar-refractivity contribution in [1.82, 2.24) is 0 Å². The Morgan fingerprint density at radius 2 is 2.33 bits per heavy atom. The summed E-state index contributed by atoms with van der Waals surface area (Å²) in [7, 11) is 2.29. The van der Waals surface area contributed by atoms with Crippen molar-refractivity contribution in [2.75, 3.05) is 26.4 Å². The van der Waals surface area contributed by atoms with E-state index in [1.54, 1.807) is 4.90 Å². The second-order valence-corrected chi connectivity index (χ2v) is 4.05. The van der Waals surface area contributed by atoms with E-state index in [4.69, 9.17) is 0 Å². The molecule has 1 aliphatic rings. The van der Waals surface area contributed by atoms with Crippen LogP contribution in [0, 0.1) is 0 Å². The zero-order valence-corrected chi connectivity index (χ0v) is 7.13. The minimum atomic E-state index is 0.943. The van der Waals surface area contributed by atoms with Crippen LogP contribution in [0.2, 0.25) is 0 Å². The molecule has 0 aromatic carbocycles. The molecular weight excluding hydrogens is 130 g/mol. The molecule has 0 radical (unpaired) electrons.